The van der Waals surface area contributed by atoms with Crippen LogP contribution >= 0.6 is 0 Å². The molecule has 1 aromatic carbocycles. The highest BCUT2D eigenvalue weighted by Gasteiger charge is 2.31. The van der Waals surface area contributed by atoms with Crippen LogP contribution in [0.2, 0.25) is 0 Å². The van der Waals surface area contributed by atoms with E-state index >= 15 is 0 Å². The van der Waals surface area contributed by atoms with E-state index in [-0.39, 0.29) is 11.3 Å². The number of rotatable bonds is 7. The lowest BCUT2D eigenvalue weighted by Gasteiger charge is -2.22. The van der Waals surface area contributed by atoms with Gasteiger partial charge in [-0.25, -0.2) is 4.39 Å². The van der Waals surface area contributed by atoms with Crippen LogP contribution in [0, 0.1) is 11.7 Å². The number of allylic oxidation sites excluding steroid dienone is 1. The van der Waals surface area contributed by atoms with E-state index in [1.165, 1.54) is 37.5 Å². The number of halogens is 1. The number of Topliss-reactive ketones (excluding diaryl/α,β-unsaturated/α-hetero) is 1. The van der Waals surface area contributed by atoms with E-state index in [1.807, 2.05) is 6.08 Å². The first-order valence-electron chi connectivity index (χ1n) is 8.31. The van der Waals surface area contributed by atoms with Gasteiger partial charge >= 0.3 is 0 Å². The predicted octanol–water partition coefficient (Wildman–Crippen LogP) is 4.62. The zero-order valence-electron chi connectivity index (χ0n) is 13.8. The van der Waals surface area contributed by atoms with E-state index in [9.17, 15) is 14.3 Å². The second-order valence-corrected chi connectivity index (χ2v) is 6.01. The molecule has 1 aromatic rings. The number of ketones is 1. The highest BCUT2D eigenvalue weighted by atomic mass is 19.1. The van der Waals surface area contributed by atoms with Crippen LogP contribution in [0.4, 0.5) is 10.1 Å². The zero-order chi connectivity index (χ0) is 16.8. The SMILES string of the molecule is CCCCCCC=CC(O)C1=Nc2ccc(F)cc2C(=O)C1C. The Bertz CT molecular complexity index is 622. The normalized spacial score (nSPS) is 18.9. The summed E-state index contributed by atoms with van der Waals surface area (Å²) in [4.78, 5) is 16.7. The molecule has 3 nitrogen and oxygen atoms in total. The lowest BCUT2D eigenvalue weighted by Crippen LogP contribution is -2.33. The number of fused-ring (bicyclic) bond motifs is 1. The Hall–Kier alpha value is -1.81. The van der Waals surface area contributed by atoms with E-state index < -0.39 is 17.8 Å². The number of unbranched alkanes of at least 4 members (excludes halogenated alkanes) is 4. The minimum Gasteiger partial charge on any atom is -0.383 e. The van der Waals surface area contributed by atoms with Crippen molar-refractivity contribution < 1.29 is 14.3 Å². The van der Waals surface area contributed by atoms with E-state index in [2.05, 4.69) is 11.9 Å². The number of carbonyl (C=O) groups is 1. The Morgan fingerprint density at radius 3 is 2.87 bits per heavy atom. The Morgan fingerprint density at radius 2 is 2.13 bits per heavy atom. The summed E-state index contributed by atoms with van der Waals surface area (Å²) in [5.74, 6) is -1.18. The van der Waals surface area contributed by atoms with Gasteiger partial charge in [-0.15, -0.1) is 0 Å². The molecule has 0 bridgehead atoms. The molecular weight excluding hydrogens is 293 g/mol. The van der Waals surface area contributed by atoms with Gasteiger partial charge in [0.15, 0.2) is 5.78 Å². The van der Waals surface area contributed by atoms with Gasteiger partial charge < -0.3 is 5.11 Å². The molecule has 1 N–H and O–H groups in total. The summed E-state index contributed by atoms with van der Waals surface area (Å²) in [5, 5.41) is 10.3. The molecule has 1 aliphatic rings. The maximum absolute atomic E-state index is 13.3. The molecular formula is C19H24FNO2. The van der Waals surface area contributed by atoms with Crippen LogP contribution in [-0.4, -0.2) is 22.7 Å². The number of aliphatic hydroxyl groups excluding tert-OH is 1. The number of aliphatic imine (C=N–C) groups is 1. The minimum absolute atomic E-state index is 0.195. The van der Waals surface area contributed by atoms with Gasteiger partial charge in [0.2, 0.25) is 0 Å². The molecule has 0 fully saturated rings. The van der Waals surface area contributed by atoms with Gasteiger partial charge in [-0.3, -0.25) is 9.79 Å². The number of nitrogens with zero attached hydrogens (tertiary/aromatic N) is 1. The van der Waals surface area contributed by atoms with Crippen molar-refractivity contribution in [2.45, 2.75) is 52.1 Å². The Labute approximate surface area is 136 Å². The Balaban J connectivity index is 2.08. The first kappa shape index (κ1) is 17.5. The van der Waals surface area contributed by atoms with Crippen LogP contribution in [0.5, 0.6) is 0 Å². The number of hydrogen-bond acceptors (Lipinski definition) is 3. The van der Waals surface area contributed by atoms with Crippen LogP contribution < -0.4 is 0 Å². The molecule has 0 saturated heterocycles. The molecule has 0 aromatic heterocycles. The van der Waals surface area contributed by atoms with Crippen molar-refractivity contribution in [1.82, 2.24) is 0 Å². The average molecular weight is 317 g/mol. The molecule has 0 radical (unpaired) electrons. The summed E-state index contributed by atoms with van der Waals surface area (Å²) in [5.41, 5.74) is 1.15. The van der Waals surface area contributed by atoms with Crippen molar-refractivity contribution in [3.8, 4) is 0 Å². The predicted molar refractivity (Wildman–Crippen MR) is 90.9 cm³/mol. The molecule has 2 atom stereocenters. The first-order chi connectivity index (χ1) is 11.0. The highest BCUT2D eigenvalue weighted by molar-refractivity contribution is 6.19. The van der Waals surface area contributed by atoms with Crippen molar-refractivity contribution in [1.29, 1.82) is 0 Å². The summed E-state index contributed by atoms with van der Waals surface area (Å²) < 4.78 is 13.3. The summed E-state index contributed by atoms with van der Waals surface area (Å²) in [6.07, 6.45) is 8.38. The standard InChI is InChI=1S/C19H24FNO2/c1-3-4-5-6-7-8-9-17(22)18-13(2)19(23)15-12-14(20)10-11-16(15)21-18/h8-13,17,22H,3-7H2,1-2H3. The zero-order valence-corrected chi connectivity index (χ0v) is 13.8. The highest BCUT2D eigenvalue weighted by Crippen LogP contribution is 2.30. The maximum Gasteiger partial charge on any atom is 0.173 e. The molecule has 0 amide bonds. The third-order valence-corrected chi connectivity index (χ3v) is 4.16. The van der Waals surface area contributed by atoms with Crippen LogP contribution in [0.3, 0.4) is 0 Å². The van der Waals surface area contributed by atoms with Crippen molar-refractivity contribution in [2.75, 3.05) is 0 Å². The molecule has 0 saturated carbocycles. The molecule has 2 rings (SSSR count). The molecule has 1 heterocycles. The lowest BCUT2D eigenvalue weighted by molar-refractivity contribution is 0.0954. The third-order valence-electron chi connectivity index (χ3n) is 4.16. The fourth-order valence-corrected chi connectivity index (χ4v) is 2.74. The van der Waals surface area contributed by atoms with E-state index in [0.717, 1.165) is 12.8 Å². The smallest absolute Gasteiger partial charge is 0.173 e. The van der Waals surface area contributed by atoms with Crippen LogP contribution in [0.15, 0.2) is 35.3 Å². The van der Waals surface area contributed by atoms with Crippen LogP contribution in [0.1, 0.15) is 56.3 Å². The summed E-state index contributed by atoms with van der Waals surface area (Å²) in [7, 11) is 0. The number of benzene rings is 1. The molecule has 1 aliphatic heterocycles. The molecule has 0 spiro atoms. The van der Waals surface area contributed by atoms with Gasteiger partial charge in [0, 0.05) is 5.56 Å². The molecule has 4 heteroatoms. The largest absolute Gasteiger partial charge is 0.383 e. The summed E-state index contributed by atoms with van der Waals surface area (Å²) in [6.45, 7) is 3.87. The Kier molecular flexibility index (Phi) is 6.22. The van der Waals surface area contributed by atoms with E-state index in [0.29, 0.717) is 11.4 Å². The Morgan fingerprint density at radius 1 is 1.35 bits per heavy atom. The summed E-state index contributed by atoms with van der Waals surface area (Å²) in [6, 6.07) is 3.97. The number of carbonyl (C=O) groups excluding carboxylic acids is 1. The lowest BCUT2D eigenvalue weighted by atomic mass is 9.88. The van der Waals surface area contributed by atoms with Gasteiger partial charge in [0.25, 0.3) is 0 Å². The molecule has 2 unspecified atom stereocenters. The molecule has 124 valence electrons. The van der Waals surface area contributed by atoms with Crippen molar-refractivity contribution in [3.63, 3.8) is 0 Å². The van der Waals surface area contributed by atoms with E-state index in [1.54, 1.807) is 13.0 Å². The second-order valence-electron chi connectivity index (χ2n) is 6.01. The molecule has 23 heavy (non-hydrogen) atoms. The van der Waals surface area contributed by atoms with Gasteiger partial charge in [-0.2, -0.15) is 0 Å². The van der Waals surface area contributed by atoms with Crippen LogP contribution in [-0.2, 0) is 0 Å². The fourth-order valence-electron chi connectivity index (χ4n) is 2.74. The van der Waals surface area contributed by atoms with Crippen molar-refractivity contribution in [2.24, 2.45) is 10.9 Å². The van der Waals surface area contributed by atoms with Gasteiger partial charge in [-0.05, 0) is 38.0 Å². The van der Waals surface area contributed by atoms with Gasteiger partial charge in [0.05, 0.1) is 17.3 Å². The van der Waals surface area contributed by atoms with Crippen molar-refractivity contribution >= 4 is 17.2 Å². The monoisotopic (exact) mass is 317 g/mol. The quantitative estimate of drug-likeness (QED) is 0.589. The summed E-state index contributed by atoms with van der Waals surface area (Å²) >= 11 is 0. The number of hydrogen-bond donors (Lipinski definition) is 1. The average Bonchev–Trinajstić information content (AvgIpc) is 2.54. The first-order valence-corrected chi connectivity index (χ1v) is 8.31. The topological polar surface area (TPSA) is 49.7 Å². The minimum atomic E-state index is -0.877. The van der Waals surface area contributed by atoms with E-state index in [4.69, 9.17) is 0 Å². The fraction of sp³-hybridized carbons (Fsp3) is 0.474. The van der Waals surface area contributed by atoms with Crippen molar-refractivity contribution in [3.05, 3.63) is 41.7 Å². The third kappa shape index (κ3) is 4.35. The van der Waals surface area contributed by atoms with Gasteiger partial charge in [0.1, 0.15) is 11.9 Å². The van der Waals surface area contributed by atoms with Gasteiger partial charge in [-0.1, -0.05) is 38.3 Å². The van der Waals surface area contributed by atoms with Crippen LogP contribution in [0.25, 0.3) is 0 Å². The molecule has 0 aliphatic carbocycles. The number of aliphatic hydroxyl groups is 1. The second kappa shape index (κ2) is 8.16. The maximum atomic E-state index is 13.3.